The van der Waals surface area contributed by atoms with Gasteiger partial charge in [0.05, 0.1) is 0 Å². The second kappa shape index (κ2) is 7.29. The number of imide groups is 1. The summed E-state index contributed by atoms with van der Waals surface area (Å²) in [5, 5.41) is 3.25. The van der Waals surface area contributed by atoms with Crippen LogP contribution in [0, 0.1) is 0 Å². The molecule has 28 heavy (non-hydrogen) atoms. The fourth-order valence-electron chi connectivity index (χ4n) is 2.76. The van der Waals surface area contributed by atoms with Crippen LogP contribution in [0.3, 0.4) is 0 Å². The minimum absolute atomic E-state index is 0.136. The predicted octanol–water partition coefficient (Wildman–Crippen LogP) is 1.86. The number of carbonyl (C=O) groups is 3. The molecule has 2 aromatic rings. The zero-order valence-corrected chi connectivity index (χ0v) is 14.4. The third-order valence-electron chi connectivity index (χ3n) is 4.24. The highest BCUT2D eigenvalue weighted by atomic mass is 19.4. The van der Waals surface area contributed by atoms with Crippen molar-refractivity contribution in [3.63, 3.8) is 0 Å². The van der Waals surface area contributed by atoms with Gasteiger partial charge in [-0.05, 0) is 24.1 Å². The Hall–Kier alpha value is -3.43. The summed E-state index contributed by atoms with van der Waals surface area (Å²) in [6.45, 7) is -0.266. The lowest BCUT2D eigenvalue weighted by molar-refractivity contribution is -0.200. The van der Waals surface area contributed by atoms with Gasteiger partial charge in [0.2, 0.25) is 0 Å². The van der Waals surface area contributed by atoms with Crippen LogP contribution in [-0.2, 0) is 11.2 Å². The van der Waals surface area contributed by atoms with E-state index in [0.29, 0.717) is 4.90 Å². The monoisotopic (exact) mass is 392 g/mol. The zero-order chi connectivity index (χ0) is 20.4. The highest BCUT2D eigenvalue weighted by Crippen LogP contribution is 2.34. The highest BCUT2D eigenvalue weighted by Gasteiger charge is 2.68. The van der Waals surface area contributed by atoms with E-state index in [2.05, 4.69) is 4.98 Å². The number of aromatic nitrogens is 1. The van der Waals surface area contributed by atoms with Crippen LogP contribution in [0.15, 0.2) is 54.9 Å². The van der Waals surface area contributed by atoms with Crippen LogP contribution in [0.1, 0.15) is 15.9 Å². The van der Waals surface area contributed by atoms with Gasteiger partial charge >= 0.3 is 12.2 Å². The first-order valence-electron chi connectivity index (χ1n) is 8.22. The molecule has 1 aliphatic heterocycles. The lowest BCUT2D eigenvalue weighted by atomic mass is 10.1. The molecule has 4 amide bonds. The predicted molar refractivity (Wildman–Crippen MR) is 90.9 cm³/mol. The molecular formula is C18H15F3N4O3. The first-order chi connectivity index (χ1) is 13.2. The fourth-order valence-corrected chi connectivity index (χ4v) is 2.76. The number of urea groups is 1. The van der Waals surface area contributed by atoms with Crippen LogP contribution in [0.2, 0.25) is 0 Å². The van der Waals surface area contributed by atoms with E-state index in [9.17, 15) is 27.6 Å². The molecule has 10 heteroatoms. The summed E-state index contributed by atoms with van der Waals surface area (Å²) in [6, 6.07) is 9.82. The molecular weight excluding hydrogens is 377 g/mol. The Kier molecular flexibility index (Phi) is 5.04. The van der Waals surface area contributed by atoms with Gasteiger partial charge in [-0.25, -0.2) is 4.79 Å². The number of pyridine rings is 1. The van der Waals surface area contributed by atoms with Crippen molar-refractivity contribution in [3.8, 4) is 0 Å². The van der Waals surface area contributed by atoms with E-state index in [1.165, 1.54) is 24.5 Å². The number of rotatable bonds is 5. The molecule has 1 atom stereocenters. The van der Waals surface area contributed by atoms with E-state index in [1.54, 1.807) is 41.0 Å². The highest BCUT2D eigenvalue weighted by molar-refractivity contribution is 6.10. The van der Waals surface area contributed by atoms with Gasteiger partial charge in [-0.3, -0.25) is 24.8 Å². The molecule has 0 spiro atoms. The van der Waals surface area contributed by atoms with E-state index in [4.69, 9.17) is 0 Å². The molecule has 146 valence electrons. The maximum atomic E-state index is 13.8. The van der Waals surface area contributed by atoms with Gasteiger partial charge in [-0.15, -0.1) is 0 Å². The van der Waals surface area contributed by atoms with Crippen molar-refractivity contribution in [2.75, 3.05) is 6.54 Å². The number of hydrogen-bond acceptors (Lipinski definition) is 4. The van der Waals surface area contributed by atoms with Crippen molar-refractivity contribution < 1.29 is 27.6 Å². The Bertz CT molecular complexity index is 890. The molecule has 0 unspecified atom stereocenters. The Morgan fingerprint density at radius 2 is 1.75 bits per heavy atom. The van der Waals surface area contributed by atoms with Gasteiger partial charge in [0, 0.05) is 24.5 Å². The molecule has 2 heterocycles. The van der Waals surface area contributed by atoms with Crippen molar-refractivity contribution in [2.24, 2.45) is 0 Å². The van der Waals surface area contributed by atoms with Crippen molar-refractivity contribution in [1.82, 2.24) is 20.5 Å². The first kappa shape index (κ1) is 19.3. The first-order valence-corrected chi connectivity index (χ1v) is 8.22. The second-order valence-electron chi connectivity index (χ2n) is 6.06. The van der Waals surface area contributed by atoms with E-state index in [1.807, 2.05) is 0 Å². The van der Waals surface area contributed by atoms with Crippen LogP contribution in [0.5, 0.6) is 0 Å². The summed E-state index contributed by atoms with van der Waals surface area (Å²) in [4.78, 5) is 41.0. The molecule has 1 saturated heterocycles. The van der Waals surface area contributed by atoms with Gasteiger partial charge in [0.15, 0.2) is 0 Å². The summed E-state index contributed by atoms with van der Waals surface area (Å²) in [7, 11) is 0. The largest absolute Gasteiger partial charge is 0.440 e. The van der Waals surface area contributed by atoms with Gasteiger partial charge in [0.1, 0.15) is 0 Å². The summed E-state index contributed by atoms with van der Waals surface area (Å²) in [5.41, 5.74) is -2.92. The van der Waals surface area contributed by atoms with Gasteiger partial charge in [-0.1, -0.05) is 30.3 Å². The molecule has 1 aromatic carbocycles. The number of carbonyl (C=O) groups excluding carboxylic acids is 3. The average molecular weight is 392 g/mol. The van der Waals surface area contributed by atoms with Crippen LogP contribution < -0.4 is 10.6 Å². The van der Waals surface area contributed by atoms with Crippen molar-refractivity contribution in [1.29, 1.82) is 0 Å². The van der Waals surface area contributed by atoms with Crippen LogP contribution in [0.4, 0.5) is 18.0 Å². The summed E-state index contributed by atoms with van der Waals surface area (Å²) < 4.78 is 41.3. The molecule has 7 nitrogen and oxygen atoms in total. The molecule has 1 aromatic heterocycles. The molecule has 0 saturated carbocycles. The zero-order valence-electron chi connectivity index (χ0n) is 14.4. The number of hydrogen-bond donors (Lipinski definition) is 2. The third kappa shape index (κ3) is 3.53. The molecule has 2 N–H and O–H groups in total. The van der Waals surface area contributed by atoms with E-state index in [-0.39, 0.29) is 18.5 Å². The Labute approximate surface area is 157 Å². The summed E-state index contributed by atoms with van der Waals surface area (Å²) in [5.74, 6) is -2.75. The second-order valence-corrected chi connectivity index (χ2v) is 6.06. The fraction of sp³-hybridized carbons (Fsp3) is 0.222. The topological polar surface area (TPSA) is 91.4 Å². The number of benzene rings is 1. The van der Waals surface area contributed by atoms with Gasteiger partial charge < -0.3 is 5.32 Å². The van der Waals surface area contributed by atoms with Gasteiger partial charge in [-0.2, -0.15) is 13.2 Å². The molecule has 0 aliphatic carbocycles. The molecule has 3 rings (SSSR count). The summed E-state index contributed by atoms with van der Waals surface area (Å²) in [6.07, 6.45) is -2.64. The lowest BCUT2D eigenvalue weighted by Gasteiger charge is -2.29. The summed E-state index contributed by atoms with van der Waals surface area (Å²) >= 11 is 0. The van der Waals surface area contributed by atoms with E-state index < -0.39 is 29.7 Å². The van der Waals surface area contributed by atoms with Crippen LogP contribution >= 0.6 is 0 Å². The molecule has 1 aliphatic rings. The smallest absolute Gasteiger partial charge is 0.314 e. The van der Waals surface area contributed by atoms with Crippen molar-refractivity contribution in [2.45, 2.75) is 18.3 Å². The Morgan fingerprint density at radius 1 is 1.11 bits per heavy atom. The Morgan fingerprint density at radius 3 is 2.36 bits per heavy atom. The van der Waals surface area contributed by atoms with Crippen LogP contribution in [0.25, 0.3) is 0 Å². The number of nitrogens with zero attached hydrogens (tertiary/aromatic N) is 2. The number of halogens is 3. The van der Waals surface area contributed by atoms with Crippen molar-refractivity contribution >= 4 is 17.8 Å². The Balaban J connectivity index is 1.84. The van der Waals surface area contributed by atoms with Crippen LogP contribution in [-0.4, -0.2) is 46.1 Å². The molecule has 1 fully saturated rings. The van der Waals surface area contributed by atoms with Crippen molar-refractivity contribution in [3.05, 3.63) is 66.0 Å². The van der Waals surface area contributed by atoms with Gasteiger partial charge in [0.25, 0.3) is 17.5 Å². The SMILES string of the molecule is O=C(N[C@]1(C(F)(F)F)NC(=O)N(CCc2ccccc2)C1=O)c1ccncc1. The number of nitrogens with one attached hydrogen (secondary N) is 2. The number of alkyl halides is 3. The quantitative estimate of drug-likeness (QED) is 0.760. The minimum atomic E-state index is -5.25. The maximum Gasteiger partial charge on any atom is 0.440 e. The number of amides is 4. The normalized spacial score (nSPS) is 19.5. The maximum absolute atomic E-state index is 13.8. The van der Waals surface area contributed by atoms with E-state index >= 15 is 0 Å². The average Bonchev–Trinajstić information content (AvgIpc) is 2.92. The van der Waals surface area contributed by atoms with E-state index in [0.717, 1.165) is 5.56 Å². The minimum Gasteiger partial charge on any atom is -0.314 e. The molecule has 0 bridgehead atoms. The standard InChI is InChI=1S/C18H15F3N4O3/c19-18(20,21)17(23-14(26)13-6-9-22-10-7-13)15(27)25(16(28)24-17)11-8-12-4-2-1-3-5-12/h1-7,9-10H,8,11H2,(H,23,26)(H,24,28)/t17-/m0/s1. The third-order valence-corrected chi connectivity index (χ3v) is 4.24. The lowest BCUT2D eigenvalue weighted by Crippen LogP contribution is -2.69. The molecule has 0 radical (unpaired) electrons.